The van der Waals surface area contributed by atoms with Gasteiger partial charge in [-0.05, 0) is 6.92 Å². The summed E-state index contributed by atoms with van der Waals surface area (Å²) in [5.41, 5.74) is 0.963. The largest absolute Gasteiger partial charge is 1.00 e. The van der Waals surface area contributed by atoms with Gasteiger partial charge in [0.1, 0.15) is 13.2 Å². The van der Waals surface area contributed by atoms with Gasteiger partial charge in [-0.25, -0.2) is 4.57 Å². The van der Waals surface area contributed by atoms with E-state index in [9.17, 15) is 0 Å². The van der Waals surface area contributed by atoms with Crippen molar-refractivity contribution in [3.05, 3.63) is 30.1 Å². The van der Waals surface area contributed by atoms with Gasteiger partial charge < -0.3 is 29.1 Å². The van der Waals surface area contributed by atoms with Crippen LogP contribution in [0.25, 0.3) is 0 Å². The molecule has 0 fully saturated rings. The maximum Gasteiger partial charge on any atom is 0.206 e. The number of hydrogen-bond donors (Lipinski definition) is 1. The van der Waals surface area contributed by atoms with Crippen molar-refractivity contribution in [2.75, 3.05) is 0 Å². The monoisotopic (exact) mass is 265 g/mol. The molecule has 0 saturated heterocycles. The molecule has 1 aromatic heterocycles. The molecule has 0 spiro atoms. The van der Waals surface area contributed by atoms with Gasteiger partial charge >= 0.3 is 0 Å². The molecule has 0 unspecified atom stereocenters. The second kappa shape index (κ2) is 5.49. The molecule has 0 saturated carbocycles. The maximum atomic E-state index is 8.83. The Kier molecular flexibility index (Phi) is 5.41. The maximum absolute atomic E-state index is 8.83. The lowest BCUT2D eigenvalue weighted by Crippen LogP contribution is -3.00. The number of halogens is 1. The molecule has 0 aliphatic rings. The van der Waals surface area contributed by atoms with E-state index < -0.39 is 0 Å². The van der Waals surface area contributed by atoms with Gasteiger partial charge in [0.15, 0.2) is 6.20 Å². The summed E-state index contributed by atoms with van der Waals surface area (Å²) in [4.78, 5) is 0. The first-order valence-electron chi connectivity index (χ1n) is 3.46. The van der Waals surface area contributed by atoms with Crippen LogP contribution in [0.15, 0.2) is 24.4 Å². The minimum atomic E-state index is 0. The summed E-state index contributed by atoms with van der Waals surface area (Å²) in [5, 5.41) is 8.83. The number of hydrogen-bond acceptors (Lipinski definition) is 1. The van der Waals surface area contributed by atoms with E-state index in [1.54, 1.807) is 0 Å². The summed E-state index contributed by atoms with van der Waals surface area (Å²) < 4.78 is 2.01. The lowest BCUT2D eigenvalue weighted by atomic mass is 10.3. The molecule has 1 rings (SSSR count). The molecule has 0 amide bonds. The minimum Gasteiger partial charge on any atom is -1.00 e. The summed E-state index contributed by atoms with van der Waals surface area (Å²) in [6, 6.07) is 5.81. The van der Waals surface area contributed by atoms with E-state index in [1.807, 2.05) is 29.0 Å². The molecule has 0 aliphatic heterocycles. The Balaban J connectivity index is 0.000001000. The topological polar surface area (TPSA) is 24.1 Å². The van der Waals surface area contributed by atoms with E-state index in [0.29, 0.717) is 0 Å². The molecule has 1 aromatic rings. The molecular weight excluding hydrogens is 253 g/mol. The zero-order chi connectivity index (χ0) is 7.40. The van der Waals surface area contributed by atoms with E-state index >= 15 is 0 Å². The van der Waals surface area contributed by atoms with Crippen LogP contribution in [0.4, 0.5) is 0 Å². The van der Waals surface area contributed by atoms with Gasteiger partial charge in [-0.2, -0.15) is 0 Å². The van der Waals surface area contributed by atoms with Crippen molar-refractivity contribution >= 4 is 0 Å². The van der Waals surface area contributed by atoms with Crippen molar-refractivity contribution in [1.82, 2.24) is 0 Å². The van der Waals surface area contributed by atoms with E-state index in [-0.39, 0.29) is 30.6 Å². The Morgan fingerprint density at radius 2 is 2.18 bits per heavy atom. The summed E-state index contributed by atoms with van der Waals surface area (Å²) in [6.45, 7) is 3.09. The Labute approximate surface area is 83.9 Å². The van der Waals surface area contributed by atoms with E-state index in [2.05, 4.69) is 6.92 Å². The Morgan fingerprint density at radius 1 is 1.45 bits per heavy atom. The molecule has 0 bridgehead atoms. The molecule has 0 radical (unpaired) electrons. The van der Waals surface area contributed by atoms with Gasteiger partial charge in [-0.1, -0.05) is 6.07 Å². The zero-order valence-corrected chi connectivity index (χ0v) is 8.65. The first kappa shape index (κ1) is 10.8. The van der Waals surface area contributed by atoms with Crippen molar-refractivity contribution in [1.29, 1.82) is 0 Å². The minimum absolute atomic E-state index is 0. The third-order valence-electron chi connectivity index (χ3n) is 1.54. The predicted octanol–water partition coefficient (Wildman–Crippen LogP) is -2.51. The number of aryl methyl sites for hydroxylation is 1. The molecule has 0 aromatic carbocycles. The number of aliphatic hydroxyl groups excluding tert-OH is 1. The molecule has 2 nitrogen and oxygen atoms in total. The number of pyridine rings is 1. The number of rotatable bonds is 2. The van der Waals surface area contributed by atoms with E-state index in [1.165, 1.54) is 0 Å². The number of aromatic nitrogens is 1. The van der Waals surface area contributed by atoms with Gasteiger partial charge in [-0.3, -0.25) is 0 Å². The van der Waals surface area contributed by atoms with Gasteiger partial charge in [0.05, 0.1) is 0 Å². The SMILES string of the molecule is CC[n+]1ccccc1CO.[I-]. The van der Waals surface area contributed by atoms with Gasteiger partial charge in [-0.15, -0.1) is 0 Å². The number of aliphatic hydroxyl groups is 1. The van der Waals surface area contributed by atoms with Crippen molar-refractivity contribution in [2.24, 2.45) is 0 Å². The Bertz CT molecular complexity index is 192. The molecule has 0 atom stereocenters. The fourth-order valence-corrected chi connectivity index (χ4v) is 0.964. The van der Waals surface area contributed by atoms with Crippen LogP contribution in [0.1, 0.15) is 12.6 Å². The van der Waals surface area contributed by atoms with Crippen LogP contribution in [0, 0.1) is 0 Å². The van der Waals surface area contributed by atoms with Crippen molar-refractivity contribution < 1.29 is 33.7 Å². The lowest BCUT2D eigenvalue weighted by molar-refractivity contribution is -0.702. The van der Waals surface area contributed by atoms with Crippen LogP contribution < -0.4 is 28.5 Å². The first-order chi connectivity index (χ1) is 4.88. The predicted molar refractivity (Wildman–Crippen MR) is 38.2 cm³/mol. The third kappa shape index (κ3) is 2.75. The molecular formula is C8H12INO. The molecule has 62 valence electrons. The molecule has 1 heterocycles. The third-order valence-corrected chi connectivity index (χ3v) is 1.54. The van der Waals surface area contributed by atoms with Crippen LogP contribution >= 0.6 is 0 Å². The average molecular weight is 265 g/mol. The highest BCUT2D eigenvalue weighted by atomic mass is 127. The summed E-state index contributed by atoms with van der Waals surface area (Å²) in [7, 11) is 0. The zero-order valence-electron chi connectivity index (χ0n) is 6.50. The standard InChI is InChI=1S/C8H12NO.HI/c1-2-9-6-4-3-5-8(9)7-10;/h3-6,10H,2,7H2,1H3;1H/q+1;/p-1. The lowest BCUT2D eigenvalue weighted by Gasteiger charge is -1.95. The Morgan fingerprint density at radius 3 is 2.64 bits per heavy atom. The number of nitrogens with zero attached hydrogens (tertiary/aromatic N) is 1. The summed E-state index contributed by atoms with van der Waals surface area (Å²) >= 11 is 0. The van der Waals surface area contributed by atoms with Gasteiger partial charge in [0.2, 0.25) is 5.69 Å². The van der Waals surface area contributed by atoms with Crippen LogP contribution in [0.2, 0.25) is 0 Å². The molecule has 11 heavy (non-hydrogen) atoms. The van der Waals surface area contributed by atoms with Crippen LogP contribution in [-0.2, 0) is 13.2 Å². The molecule has 1 N–H and O–H groups in total. The van der Waals surface area contributed by atoms with Gasteiger partial charge in [0, 0.05) is 12.1 Å². The molecule has 3 heteroatoms. The summed E-state index contributed by atoms with van der Waals surface area (Å²) in [6.07, 6.45) is 1.96. The van der Waals surface area contributed by atoms with E-state index in [0.717, 1.165) is 12.2 Å². The average Bonchev–Trinajstić information content (AvgIpc) is 2.04. The highest BCUT2D eigenvalue weighted by Crippen LogP contribution is 1.89. The molecule has 0 aliphatic carbocycles. The quantitative estimate of drug-likeness (QED) is 0.463. The highest BCUT2D eigenvalue weighted by Gasteiger charge is 2.02. The normalized spacial score (nSPS) is 8.91. The second-order valence-electron chi connectivity index (χ2n) is 2.14. The smallest absolute Gasteiger partial charge is 0.206 e. The van der Waals surface area contributed by atoms with Crippen molar-refractivity contribution in [2.45, 2.75) is 20.1 Å². The van der Waals surface area contributed by atoms with Gasteiger partial charge in [0.25, 0.3) is 0 Å². The van der Waals surface area contributed by atoms with Crippen molar-refractivity contribution in [3.8, 4) is 0 Å². The second-order valence-corrected chi connectivity index (χ2v) is 2.14. The van der Waals surface area contributed by atoms with E-state index in [4.69, 9.17) is 5.11 Å². The summed E-state index contributed by atoms with van der Waals surface area (Å²) in [5.74, 6) is 0. The van der Waals surface area contributed by atoms with Crippen LogP contribution in [0.3, 0.4) is 0 Å². The van der Waals surface area contributed by atoms with Crippen LogP contribution in [-0.4, -0.2) is 5.11 Å². The fourth-order valence-electron chi connectivity index (χ4n) is 0.964. The highest BCUT2D eigenvalue weighted by molar-refractivity contribution is 4.95. The Hall–Kier alpha value is -0.160. The van der Waals surface area contributed by atoms with Crippen LogP contribution in [0.5, 0.6) is 0 Å². The van der Waals surface area contributed by atoms with Crippen molar-refractivity contribution in [3.63, 3.8) is 0 Å². The fraction of sp³-hybridized carbons (Fsp3) is 0.375. The first-order valence-corrected chi connectivity index (χ1v) is 3.46.